The fourth-order valence-electron chi connectivity index (χ4n) is 2.27. The molecule has 0 bridgehead atoms. The van der Waals surface area contributed by atoms with E-state index in [0.29, 0.717) is 4.57 Å². The topological polar surface area (TPSA) is 132 Å². The Morgan fingerprint density at radius 1 is 0.786 bits per heavy atom. The molecule has 0 unspecified atom stereocenters. The summed E-state index contributed by atoms with van der Waals surface area (Å²) in [4.78, 5) is 60.4. The van der Waals surface area contributed by atoms with Crippen molar-refractivity contribution in [3.63, 3.8) is 0 Å². The molecule has 28 heavy (non-hydrogen) atoms. The SMILES string of the molecule is CCOC(=O)COc1c(C)n(CC(=O)OCC)c(=O)n(CC(=O)OCC)c1=O. The lowest BCUT2D eigenvalue weighted by Gasteiger charge is -2.16. The van der Waals surface area contributed by atoms with E-state index in [2.05, 4.69) is 0 Å². The molecule has 0 aromatic carbocycles. The lowest BCUT2D eigenvalue weighted by atomic mass is 10.3. The van der Waals surface area contributed by atoms with E-state index in [-0.39, 0.29) is 31.3 Å². The number of hydrogen-bond acceptors (Lipinski definition) is 9. The molecular formula is C17H24N2O9. The van der Waals surface area contributed by atoms with Crippen LogP contribution in [0.1, 0.15) is 26.5 Å². The third kappa shape index (κ3) is 5.96. The van der Waals surface area contributed by atoms with Gasteiger partial charge in [-0.2, -0.15) is 0 Å². The number of carbonyl (C=O) groups excluding carboxylic acids is 3. The molecule has 1 aromatic heterocycles. The normalized spacial score (nSPS) is 10.3. The summed E-state index contributed by atoms with van der Waals surface area (Å²) < 4.78 is 21.0. The minimum atomic E-state index is -0.931. The number of aromatic nitrogens is 2. The van der Waals surface area contributed by atoms with Crippen LogP contribution in [-0.4, -0.2) is 53.5 Å². The second-order valence-corrected chi connectivity index (χ2v) is 5.38. The van der Waals surface area contributed by atoms with E-state index in [0.717, 1.165) is 4.57 Å². The maximum atomic E-state index is 12.6. The Bertz CT molecular complexity index is 838. The second kappa shape index (κ2) is 10.9. The molecule has 11 heteroatoms. The van der Waals surface area contributed by atoms with E-state index in [1.165, 1.54) is 6.92 Å². The molecular weight excluding hydrogens is 376 g/mol. The first-order valence-corrected chi connectivity index (χ1v) is 8.70. The first-order chi connectivity index (χ1) is 13.3. The molecule has 1 rings (SSSR count). The van der Waals surface area contributed by atoms with Gasteiger partial charge in [0.1, 0.15) is 13.1 Å². The highest BCUT2D eigenvalue weighted by atomic mass is 16.6. The van der Waals surface area contributed by atoms with Crippen LogP contribution in [0.5, 0.6) is 5.75 Å². The predicted molar refractivity (Wildman–Crippen MR) is 95.1 cm³/mol. The summed E-state index contributed by atoms with van der Waals surface area (Å²) in [6.07, 6.45) is 0. The van der Waals surface area contributed by atoms with Crippen molar-refractivity contribution < 1.29 is 33.3 Å². The third-order valence-corrected chi connectivity index (χ3v) is 3.46. The van der Waals surface area contributed by atoms with E-state index < -0.39 is 48.9 Å². The molecule has 0 saturated heterocycles. The fraction of sp³-hybridized carbons (Fsp3) is 0.588. The fourth-order valence-corrected chi connectivity index (χ4v) is 2.27. The Morgan fingerprint density at radius 3 is 1.75 bits per heavy atom. The van der Waals surface area contributed by atoms with E-state index >= 15 is 0 Å². The maximum Gasteiger partial charge on any atom is 0.344 e. The summed E-state index contributed by atoms with van der Waals surface area (Å²) in [6, 6.07) is 0. The van der Waals surface area contributed by atoms with Gasteiger partial charge in [0.25, 0.3) is 5.56 Å². The molecule has 0 N–H and O–H groups in total. The number of carbonyl (C=O) groups is 3. The largest absolute Gasteiger partial charge is 0.475 e. The van der Waals surface area contributed by atoms with Crippen LogP contribution in [0.3, 0.4) is 0 Å². The van der Waals surface area contributed by atoms with Gasteiger partial charge >= 0.3 is 23.6 Å². The highest BCUT2D eigenvalue weighted by Crippen LogP contribution is 2.10. The van der Waals surface area contributed by atoms with Crippen LogP contribution in [0.25, 0.3) is 0 Å². The monoisotopic (exact) mass is 400 g/mol. The summed E-state index contributed by atoms with van der Waals surface area (Å²) in [6.45, 7) is 4.67. The number of nitrogens with zero attached hydrogens (tertiary/aromatic N) is 2. The van der Waals surface area contributed by atoms with Crippen molar-refractivity contribution in [1.29, 1.82) is 0 Å². The zero-order valence-electron chi connectivity index (χ0n) is 16.3. The van der Waals surface area contributed by atoms with Gasteiger partial charge < -0.3 is 18.9 Å². The van der Waals surface area contributed by atoms with Gasteiger partial charge in [-0.3, -0.25) is 19.0 Å². The zero-order chi connectivity index (χ0) is 21.3. The molecule has 1 heterocycles. The molecule has 0 fully saturated rings. The summed E-state index contributed by atoms with van der Waals surface area (Å²) in [5, 5.41) is 0. The minimum absolute atomic E-state index is 0.00691. The Kier molecular flexibility index (Phi) is 8.93. The number of hydrogen-bond donors (Lipinski definition) is 0. The first kappa shape index (κ1) is 22.9. The molecule has 0 atom stereocenters. The van der Waals surface area contributed by atoms with Gasteiger partial charge in [0.2, 0.25) is 5.75 Å². The molecule has 1 aromatic rings. The second-order valence-electron chi connectivity index (χ2n) is 5.38. The highest BCUT2D eigenvalue weighted by molar-refractivity contribution is 5.71. The third-order valence-electron chi connectivity index (χ3n) is 3.46. The van der Waals surface area contributed by atoms with Crippen molar-refractivity contribution in [2.45, 2.75) is 40.8 Å². The Balaban J connectivity index is 3.41. The summed E-state index contributed by atoms with van der Waals surface area (Å²) >= 11 is 0. The molecule has 11 nitrogen and oxygen atoms in total. The van der Waals surface area contributed by atoms with Gasteiger partial charge in [-0.25, -0.2) is 14.2 Å². The van der Waals surface area contributed by atoms with Crippen molar-refractivity contribution >= 4 is 17.9 Å². The van der Waals surface area contributed by atoms with Crippen molar-refractivity contribution in [1.82, 2.24) is 9.13 Å². The number of ether oxygens (including phenoxy) is 4. The Morgan fingerprint density at radius 2 is 1.25 bits per heavy atom. The smallest absolute Gasteiger partial charge is 0.344 e. The van der Waals surface area contributed by atoms with Crippen molar-refractivity contribution in [2.75, 3.05) is 26.4 Å². The number of rotatable bonds is 10. The zero-order valence-corrected chi connectivity index (χ0v) is 16.3. The average Bonchev–Trinajstić information content (AvgIpc) is 2.63. The molecule has 0 amide bonds. The number of esters is 3. The quantitative estimate of drug-likeness (QED) is 0.372. The average molecular weight is 400 g/mol. The van der Waals surface area contributed by atoms with E-state index in [9.17, 15) is 24.0 Å². The van der Waals surface area contributed by atoms with Crippen molar-refractivity contribution in [3.8, 4) is 5.75 Å². The minimum Gasteiger partial charge on any atom is -0.475 e. The lowest BCUT2D eigenvalue weighted by Crippen LogP contribution is -2.44. The van der Waals surface area contributed by atoms with Gasteiger partial charge in [0, 0.05) is 0 Å². The summed E-state index contributed by atoms with van der Waals surface area (Å²) in [5.41, 5.74) is -1.83. The lowest BCUT2D eigenvalue weighted by molar-refractivity contribution is -0.146. The Hall–Kier alpha value is -3.11. The van der Waals surface area contributed by atoms with E-state index in [1.807, 2.05) is 0 Å². The Labute approximate surface area is 160 Å². The van der Waals surface area contributed by atoms with Gasteiger partial charge in [-0.15, -0.1) is 0 Å². The van der Waals surface area contributed by atoms with Crippen LogP contribution in [0.4, 0.5) is 0 Å². The predicted octanol–water partition coefficient (Wildman–Crippen LogP) is -0.613. The van der Waals surface area contributed by atoms with Crippen molar-refractivity contribution in [3.05, 3.63) is 26.5 Å². The van der Waals surface area contributed by atoms with Crippen LogP contribution in [0.15, 0.2) is 9.59 Å². The molecule has 0 radical (unpaired) electrons. The van der Waals surface area contributed by atoms with Gasteiger partial charge in [-0.1, -0.05) is 0 Å². The van der Waals surface area contributed by atoms with Crippen LogP contribution in [0.2, 0.25) is 0 Å². The van der Waals surface area contributed by atoms with E-state index in [4.69, 9.17) is 18.9 Å². The maximum absolute atomic E-state index is 12.6. The molecule has 0 aliphatic carbocycles. The van der Waals surface area contributed by atoms with E-state index in [1.54, 1.807) is 20.8 Å². The molecule has 156 valence electrons. The van der Waals surface area contributed by atoms with Gasteiger partial charge in [0.15, 0.2) is 6.61 Å². The molecule has 0 aliphatic rings. The van der Waals surface area contributed by atoms with Gasteiger partial charge in [-0.05, 0) is 27.7 Å². The summed E-state index contributed by atoms with van der Waals surface area (Å²) in [5.74, 6) is -2.61. The summed E-state index contributed by atoms with van der Waals surface area (Å²) in [7, 11) is 0. The molecule has 0 aliphatic heterocycles. The van der Waals surface area contributed by atoms with Gasteiger partial charge in [0.05, 0.1) is 25.5 Å². The van der Waals surface area contributed by atoms with Crippen LogP contribution in [0, 0.1) is 6.92 Å². The standard InChI is InChI=1S/C17H24N2O9/c1-5-25-12(20)8-18-11(4)15(28-10-14(22)27-7-3)16(23)19(17(18)24)9-13(21)26-6-2/h5-10H2,1-4H3. The molecule has 0 saturated carbocycles. The highest BCUT2D eigenvalue weighted by Gasteiger charge is 2.22. The first-order valence-electron chi connectivity index (χ1n) is 8.70. The van der Waals surface area contributed by atoms with Crippen molar-refractivity contribution in [2.24, 2.45) is 0 Å². The van der Waals surface area contributed by atoms with Crippen LogP contribution < -0.4 is 16.0 Å². The van der Waals surface area contributed by atoms with Crippen LogP contribution >= 0.6 is 0 Å². The molecule has 0 spiro atoms. The van der Waals surface area contributed by atoms with Crippen LogP contribution in [-0.2, 0) is 41.7 Å².